The number of likely N-dealkylation sites (tertiary alicyclic amines) is 1. The number of nitrogens with zero attached hydrogens (tertiary/aromatic N) is 1. The summed E-state index contributed by atoms with van der Waals surface area (Å²) in [6, 6.07) is 0.604. The van der Waals surface area contributed by atoms with Crippen LogP contribution < -0.4 is 5.32 Å². The maximum absolute atomic E-state index is 5.53. The Bertz CT molecular complexity index is 192. The summed E-state index contributed by atoms with van der Waals surface area (Å²) in [5, 5.41) is 3.61. The van der Waals surface area contributed by atoms with Crippen molar-refractivity contribution < 1.29 is 4.74 Å². The Kier molecular flexibility index (Phi) is 5.07. The van der Waals surface area contributed by atoms with Crippen LogP contribution in [0.15, 0.2) is 0 Å². The van der Waals surface area contributed by atoms with Crippen LogP contribution in [0.2, 0.25) is 0 Å². The zero-order valence-electron chi connectivity index (χ0n) is 10.6. The van der Waals surface area contributed by atoms with E-state index in [2.05, 4.69) is 17.1 Å². The minimum absolute atomic E-state index is 0.415. The van der Waals surface area contributed by atoms with Gasteiger partial charge in [-0.25, -0.2) is 0 Å². The standard InChI is InChI=1S/C13H26N2O/c1-12-13(6-11-16-12)14-7-2-3-8-15-9-4-5-10-15/h12-14H,2-11H2,1H3. The SMILES string of the molecule is CC1OCCC1NCCCCN1CCCC1. The molecule has 2 saturated heterocycles. The Morgan fingerprint density at radius 2 is 2.06 bits per heavy atom. The summed E-state index contributed by atoms with van der Waals surface area (Å²) >= 11 is 0. The summed E-state index contributed by atoms with van der Waals surface area (Å²) in [5.74, 6) is 0. The molecule has 0 aliphatic carbocycles. The topological polar surface area (TPSA) is 24.5 Å². The second-order valence-corrected chi connectivity index (χ2v) is 5.18. The first kappa shape index (κ1) is 12.3. The number of hydrogen-bond acceptors (Lipinski definition) is 3. The molecule has 2 aliphatic heterocycles. The van der Waals surface area contributed by atoms with Crippen LogP contribution in [0.1, 0.15) is 39.0 Å². The molecule has 2 fully saturated rings. The molecule has 1 N–H and O–H groups in total. The van der Waals surface area contributed by atoms with Crippen molar-refractivity contribution in [3.8, 4) is 0 Å². The van der Waals surface area contributed by atoms with Gasteiger partial charge in [0, 0.05) is 12.6 Å². The van der Waals surface area contributed by atoms with Gasteiger partial charge >= 0.3 is 0 Å². The van der Waals surface area contributed by atoms with Crippen LogP contribution in [0.4, 0.5) is 0 Å². The monoisotopic (exact) mass is 226 g/mol. The van der Waals surface area contributed by atoms with Gasteiger partial charge in [-0.1, -0.05) is 0 Å². The maximum atomic E-state index is 5.53. The van der Waals surface area contributed by atoms with Crippen molar-refractivity contribution in [1.29, 1.82) is 0 Å². The lowest BCUT2D eigenvalue weighted by Crippen LogP contribution is -2.35. The molecule has 0 amide bonds. The van der Waals surface area contributed by atoms with Crippen molar-refractivity contribution in [3.63, 3.8) is 0 Å². The summed E-state index contributed by atoms with van der Waals surface area (Å²) in [6.45, 7) is 8.24. The predicted molar refractivity (Wildman–Crippen MR) is 66.7 cm³/mol. The van der Waals surface area contributed by atoms with E-state index in [1.807, 2.05) is 0 Å². The van der Waals surface area contributed by atoms with Crippen LogP contribution in [0.3, 0.4) is 0 Å². The molecule has 2 atom stereocenters. The smallest absolute Gasteiger partial charge is 0.0700 e. The van der Waals surface area contributed by atoms with Gasteiger partial charge in [0.25, 0.3) is 0 Å². The van der Waals surface area contributed by atoms with Gasteiger partial charge in [-0.15, -0.1) is 0 Å². The van der Waals surface area contributed by atoms with Crippen LogP contribution in [0.25, 0.3) is 0 Å². The summed E-state index contributed by atoms with van der Waals surface area (Å²) in [4.78, 5) is 2.60. The molecule has 2 heterocycles. The first-order chi connectivity index (χ1) is 7.86. The molecule has 0 aromatic carbocycles. The number of hydrogen-bond donors (Lipinski definition) is 1. The number of nitrogens with one attached hydrogen (secondary N) is 1. The quantitative estimate of drug-likeness (QED) is 0.697. The Balaban J connectivity index is 1.45. The number of rotatable bonds is 6. The summed E-state index contributed by atoms with van der Waals surface area (Å²) in [5.41, 5.74) is 0. The average Bonchev–Trinajstić information content (AvgIpc) is 2.90. The van der Waals surface area contributed by atoms with E-state index in [0.717, 1.165) is 13.2 Å². The van der Waals surface area contributed by atoms with Crippen molar-refractivity contribution in [2.24, 2.45) is 0 Å². The first-order valence-electron chi connectivity index (χ1n) is 6.93. The minimum atomic E-state index is 0.415. The van der Waals surface area contributed by atoms with E-state index in [1.165, 1.54) is 51.7 Å². The molecule has 3 heteroatoms. The fraction of sp³-hybridized carbons (Fsp3) is 1.00. The summed E-state index contributed by atoms with van der Waals surface area (Å²) in [6.07, 6.45) is 7.07. The van der Waals surface area contributed by atoms with E-state index in [1.54, 1.807) is 0 Å². The molecule has 3 nitrogen and oxygen atoms in total. The summed E-state index contributed by atoms with van der Waals surface area (Å²) in [7, 11) is 0. The molecule has 2 unspecified atom stereocenters. The molecule has 0 bridgehead atoms. The van der Waals surface area contributed by atoms with Gasteiger partial charge in [-0.05, 0) is 65.2 Å². The van der Waals surface area contributed by atoms with Crippen LogP contribution >= 0.6 is 0 Å². The fourth-order valence-corrected chi connectivity index (χ4v) is 2.75. The minimum Gasteiger partial charge on any atom is -0.377 e. The van der Waals surface area contributed by atoms with Crippen LogP contribution in [-0.4, -0.2) is 49.8 Å². The normalized spacial score (nSPS) is 31.3. The van der Waals surface area contributed by atoms with Gasteiger partial charge in [-0.2, -0.15) is 0 Å². The fourth-order valence-electron chi connectivity index (χ4n) is 2.75. The number of ether oxygens (including phenoxy) is 1. The molecule has 0 aromatic heterocycles. The molecular formula is C13H26N2O. The third-order valence-corrected chi connectivity index (χ3v) is 3.88. The predicted octanol–water partition coefficient (Wildman–Crippen LogP) is 1.63. The van der Waals surface area contributed by atoms with Crippen LogP contribution in [-0.2, 0) is 4.74 Å². The highest BCUT2D eigenvalue weighted by Gasteiger charge is 2.22. The van der Waals surface area contributed by atoms with E-state index < -0.39 is 0 Å². The first-order valence-corrected chi connectivity index (χ1v) is 6.93. The third kappa shape index (κ3) is 3.72. The Morgan fingerprint density at radius 1 is 1.25 bits per heavy atom. The second kappa shape index (κ2) is 6.58. The molecule has 0 spiro atoms. The molecule has 16 heavy (non-hydrogen) atoms. The molecule has 2 rings (SSSR count). The van der Waals surface area contributed by atoms with Gasteiger partial charge in [-0.3, -0.25) is 0 Å². The van der Waals surface area contributed by atoms with Gasteiger partial charge in [0.2, 0.25) is 0 Å². The third-order valence-electron chi connectivity index (χ3n) is 3.88. The van der Waals surface area contributed by atoms with Crippen molar-refractivity contribution in [2.45, 2.75) is 51.2 Å². The lowest BCUT2D eigenvalue weighted by molar-refractivity contribution is 0.113. The molecule has 0 aromatic rings. The van der Waals surface area contributed by atoms with E-state index in [4.69, 9.17) is 4.74 Å². The summed E-state index contributed by atoms with van der Waals surface area (Å²) < 4.78 is 5.53. The maximum Gasteiger partial charge on any atom is 0.0700 e. The Labute approximate surface area is 99.5 Å². The molecule has 0 saturated carbocycles. The van der Waals surface area contributed by atoms with Gasteiger partial charge < -0.3 is 15.0 Å². The largest absolute Gasteiger partial charge is 0.377 e. The molecule has 2 aliphatic rings. The van der Waals surface area contributed by atoms with Crippen molar-refractivity contribution in [1.82, 2.24) is 10.2 Å². The average molecular weight is 226 g/mol. The Morgan fingerprint density at radius 3 is 2.75 bits per heavy atom. The zero-order chi connectivity index (χ0) is 11.2. The van der Waals surface area contributed by atoms with Crippen molar-refractivity contribution >= 4 is 0 Å². The zero-order valence-corrected chi connectivity index (χ0v) is 10.6. The van der Waals surface area contributed by atoms with Gasteiger partial charge in [0.1, 0.15) is 0 Å². The van der Waals surface area contributed by atoms with Crippen molar-refractivity contribution in [2.75, 3.05) is 32.8 Å². The second-order valence-electron chi connectivity index (χ2n) is 5.18. The van der Waals surface area contributed by atoms with E-state index in [0.29, 0.717) is 12.1 Å². The van der Waals surface area contributed by atoms with Crippen LogP contribution in [0, 0.1) is 0 Å². The van der Waals surface area contributed by atoms with E-state index in [9.17, 15) is 0 Å². The molecular weight excluding hydrogens is 200 g/mol. The lowest BCUT2D eigenvalue weighted by Gasteiger charge is -2.17. The van der Waals surface area contributed by atoms with E-state index in [-0.39, 0.29) is 0 Å². The lowest BCUT2D eigenvalue weighted by atomic mass is 10.1. The van der Waals surface area contributed by atoms with Crippen molar-refractivity contribution in [3.05, 3.63) is 0 Å². The number of unbranched alkanes of at least 4 members (excludes halogenated alkanes) is 1. The highest BCUT2D eigenvalue weighted by atomic mass is 16.5. The molecule has 94 valence electrons. The highest BCUT2D eigenvalue weighted by Crippen LogP contribution is 2.12. The van der Waals surface area contributed by atoms with Crippen LogP contribution in [0.5, 0.6) is 0 Å². The molecule has 0 radical (unpaired) electrons. The highest BCUT2D eigenvalue weighted by molar-refractivity contribution is 4.78. The van der Waals surface area contributed by atoms with Gasteiger partial charge in [0.15, 0.2) is 0 Å². The van der Waals surface area contributed by atoms with Gasteiger partial charge in [0.05, 0.1) is 6.10 Å². The Hall–Kier alpha value is -0.120. The van der Waals surface area contributed by atoms with E-state index >= 15 is 0 Å².